The second-order valence-electron chi connectivity index (χ2n) is 5.60. The monoisotopic (exact) mass is 287 g/mol. The van der Waals surface area contributed by atoms with Gasteiger partial charge in [-0.05, 0) is 26.0 Å². The molecule has 2 aromatic rings. The summed E-state index contributed by atoms with van der Waals surface area (Å²) in [4.78, 5) is 2.14. The lowest BCUT2D eigenvalue weighted by atomic mass is 10.1. The zero-order chi connectivity index (χ0) is 15.2. The van der Waals surface area contributed by atoms with Gasteiger partial charge in [0.25, 0.3) is 0 Å². The standard InChI is InChI=1S/C17H25N3O/c1-4-10-20-14(2)16(11-18-20)12-19(3)13-17(21)15-8-6-5-7-9-15/h5-9,11,17,21H,4,10,12-13H2,1-3H3/t17-/m0/s1. The lowest BCUT2D eigenvalue weighted by Crippen LogP contribution is -2.24. The van der Waals surface area contributed by atoms with Gasteiger partial charge in [0.1, 0.15) is 0 Å². The van der Waals surface area contributed by atoms with E-state index in [0.29, 0.717) is 6.54 Å². The molecule has 0 fully saturated rings. The highest BCUT2D eigenvalue weighted by molar-refractivity contribution is 5.18. The first-order valence-electron chi connectivity index (χ1n) is 7.54. The third-order valence-corrected chi connectivity index (χ3v) is 3.75. The van der Waals surface area contributed by atoms with Gasteiger partial charge in [0.15, 0.2) is 0 Å². The summed E-state index contributed by atoms with van der Waals surface area (Å²) in [6, 6.07) is 9.80. The fourth-order valence-electron chi connectivity index (χ4n) is 2.51. The maximum Gasteiger partial charge on any atom is 0.0916 e. The first-order chi connectivity index (χ1) is 10.1. The molecule has 2 rings (SSSR count). The molecule has 0 aliphatic rings. The molecular weight excluding hydrogens is 262 g/mol. The Balaban J connectivity index is 1.94. The van der Waals surface area contributed by atoms with Crippen molar-refractivity contribution in [2.24, 2.45) is 0 Å². The summed E-state index contributed by atoms with van der Waals surface area (Å²) in [6.45, 7) is 6.65. The van der Waals surface area contributed by atoms with E-state index in [1.165, 1.54) is 11.3 Å². The van der Waals surface area contributed by atoms with E-state index >= 15 is 0 Å². The van der Waals surface area contributed by atoms with Crippen molar-refractivity contribution >= 4 is 0 Å². The largest absolute Gasteiger partial charge is 0.387 e. The zero-order valence-electron chi connectivity index (χ0n) is 13.2. The molecule has 0 amide bonds. The van der Waals surface area contributed by atoms with E-state index < -0.39 is 6.10 Å². The first kappa shape index (κ1) is 15.7. The van der Waals surface area contributed by atoms with Gasteiger partial charge >= 0.3 is 0 Å². The summed E-state index contributed by atoms with van der Waals surface area (Å²) in [5.74, 6) is 0. The molecule has 4 nitrogen and oxygen atoms in total. The van der Waals surface area contributed by atoms with Crippen molar-refractivity contribution in [3.63, 3.8) is 0 Å². The van der Waals surface area contributed by atoms with Crippen molar-refractivity contribution < 1.29 is 5.11 Å². The van der Waals surface area contributed by atoms with Crippen LogP contribution in [0.25, 0.3) is 0 Å². The highest BCUT2D eigenvalue weighted by atomic mass is 16.3. The van der Waals surface area contributed by atoms with Gasteiger partial charge < -0.3 is 5.11 Å². The molecule has 0 spiro atoms. The minimum Gasteiger partial charge on any atom is -0.387 e. The maximum absolute atomic E-state index is 10.3. The third-order valence-electron chi connectivity index (χ3n) is 3.75. The molecule has 1 heterocycles. The van der Waals surface area contributed by atoms with Crippen LogP contribution in [0.1, 0.15) is 36.3 Å². The van der Waals surface area contributed by atoms with E-state index in [4.69, 9.17) is 0 Å². The van der Waals surface area contributed by atoms with E-state index in [0.717, 1.165) is 25.1 Å². The molecular formula is C17H25N3O. The van der Waals surface area contributed by atoms with E-state index in [1.807, 2.05) is 43.6 Å². The molecule has 0 radical (unpaired) electrons. The van der Waals surface area contributed by atoms with Crippen LogP contribution in [-0.2, 0) is 13.1 Å². The Morgan fingerprint density at radius 3 is 2.67 bits per heavy atom. The molecule has 0 aliphatic carbocycles. The van der Waals surface area contributed by atoms with Gasteiger partial charge in [0, 0.05) is 30.9 Å². The smallest absolute Gasteiger partial charge is 0.0916 e. The molecule has 1 atom stereocenters. The molecule has 4 heteroatoms. The lowest BCUT2D eigenvalue weighted by Gasteiger charge is -2.20. The number of aryl methyl sites for hydroxylation is 1. The van der Waals surface area contributed by atoms with Crippen molar-refractivity contribution in [1.29, 1.82) is 0 Å². The second kappa shape index (κ2) is 7.38. The number of nitrogens with zero attached hydrogens (tertiary/aromatic N) is 3. The number of aliphatic hydroxyl groups excluding tert-OH is 1. The fourth-order valence-corrected chi connectivity index (χ4v) is 2.51. The molecule has 0 saturated heterocycles. The maximum atomic E-state index is 10.3. The molecule has 0 saturated carbocycles. The number of likely N-dealkylation sites (N-methyl/N-ethyl adjacent to an activating group) is 1. The quantitative estimate of drug-likeness (QED) is 0.851. The van der Waals surface area contributed by atoms with Crippen LogP contribution in [-0.4, -0.2) is 33.4 Å². The average molecular weight is 287 g/mol. The van der Waals surface area contributed by atoms with Gasteiger partial charge in [-0.3, -0.25) is 9.58 Å². The van der Waals surface area contributed by atoms with E-state index in [9.17, 15) is 5.11 Å². The first-order valence-corrected chi connectivity index (χ1v) is 7.54. The molecule has 21 heavy (non-hydrogen) atoms. The van der Waals surface area contributed by atoms with Crippen molar-refractivity contribution in [2.45, 2.75) is 39.5 Å². The van der Waals surface area contributed by atoms with Crippen LogP contribution in [0.5, 0.6) is 0 Å². The van der Waals surface area contributed by atoms with Crippen molar-refractivity contribution in [3.8, 4) is 0 Å². The minimum absolute atomic E-state index is 0.456. The SMILES string of the molecule is CCCn1ncc(CN(C)C[C@H](O)c2ccccc2)c1C. The molecule has 1 aromatic heterocycles. The van der Waals surface area contributed by atoms with Crippen molar-refractivity contribution in [3.05, 3.63) is 53.3 Å². The Labute approximate surface area is 127 Å². The number of hydrogen-bond acceptors (Lipinski definition) is 3. The highest BCUT2D eigenvalue weighted by Gasteiger charge is 2.13. The van der Waals surface area contributed by atoms with Crippen LogP contribution in [0.15, 0.2) is 36.5 Å². The van der Waals surface area contributed by atoms with Gasteiger partial charge in [-0.1, -0.05) is 37.3 Å². The number of aliphatic hydroxyl groups is 1. The van der Waals surface area contributed by atoms with Crippen LogP contribution in [0.4, 0.5) is 0 Å². The minimum atomic E-state index is -0.456. The van der Waals surface area contributed by atoms with E-state index in [2.05, 4.69) is 28.5 Å². The van der Waals surface area contributed by atoms with E-state index in [1.54, 1.807) is 0 Å². The predicted octanol–water partition coefficient (Wildman–Crippen LogP) is 2.77. The van der Waals surface area contributed by atoms with Crippen LogP contribution >= 0.6 is 0 Å². The molecule has 0 unspecified atom stereocenters. The van der Waals surface area contributed by atoms with E-state index in [-0.39, 0.29) is 0 Å². The van der Waals surface area contributed by atoms with Gasteiger partial charge in [-0.15, -0.1) is 0 Å². The zero-order valence-corrected chi connectivity index (χ0v) is 13.2. The van der Waals surface area contributed by atoms with Crippen molar-refractivity contribution in [2.75, 3.05) is 13.6 Å². The Morgan fingerprint density at radius 1 is 1.29 bits per heavy atom. The fraction of sp³-hybridized carbons (Fsp3) is 0.471. The Kier molecular flexibility index (Phi) is 5.53. The number of aromatic nitrogens is 2. The Bertz CT molecular complexity index is 550. The van der Waals surface area contributed by atoms with Crippen LogP contribution in [0.3, 0.4) is 0 Å². The van der Waals surface area contributed by atoms with Crippen LogP contribution in [0, 0.1) is 6.92 Å². The summed E-state index contributed by atoms with van der Waals surface area (Å²) >= 11 is 0. The van der Waals surface area contributed by atoms with Gasteiger partial charge in [0.2, 0.25) is 0 Å². The summed E-state index contributed by atoms with van der Waals surface area (Å²) in [7, 11) is 2.03. The molecule has 0 bridgehead atoms. The summed E-state index contributed by atoms with van der Waals surface area (Å²) in [5.41, 5.74) is 3.41. The molecule has 1 N–H and O–H groups in total. The summed E-state index contributed by atoms with van der Waals surface area (Å²) < 4.78 is 2.05. The average Bonchev–Trinajstić information content (AvgIpc) is 2.81. The Hall–Kier alpha value is -1.65. The predicted molar refractivity (Wildman–Crippen MR) is 85.0 cm³/mol. The lowest BCUT2D eigenvalue weighted by molar-refractivity contribution is 0.123. The topological polar surface area (TPSA) is 41.3 Å². The van der Waals surface area contributed by atoms with Gasteiger partial charge in [-0.2, -0.15) is 5.10 Å². The van der Waals surface area contributed by atoms with Crippen LogP contribution < -0.4 is 0 Å². The van der Waals surface area contributed by atoms with Gasteiger partial charge in [0.05, 0.1) is 12.3 Å². The number of rotatable bonds is 7. The normalized spacial score (nSPS) is 12.8. The Morgan fingerprint density at radius 2 is 2.00 bits per heavy atom. The second-order valence-corrected chi connectivity index (χ2v) is 5.60. The summed E-state index contributed by atoms with van der Waals surface area (Å²) in [6.07, 6.45) is 2.57. The highest BCUT2D eigenvalue weighted by Crippen LogP contribution is 2.16. The number of hydrogen-bond donors (Lipinski definition) is 1. The molecule has 1 aromatic carbocycles. The molecule has 114 valence electrons. The van der Waals surface area contributed by atoms with Crippen molar-refractivity contribution in [1.82, 2.24) is 14.7 Å². The molecule has 0 aliphatic heterocycles. The summed E-state index contributed by atoms with van der Waals surface area (Å²) in [5, 5.41) is 14.7. The van der Waals surface area contributed by atoms with Crippen LogP contribution in [0.2, 0.25) is 0 Å². The third kappa shape index (κ3) is 4.16. The van der Waals surface area contributed by atoms with Gasteiger partial charge in [-0.25, -0.2) is 0 Å². The number of benzene rings is 1.